The number of rotatable bonds is 11. The van der Waals surface area contributed by atoms with Gasteiger partial charge < -0.3 is 10.1 Å². The number of sulfonamides is 1. The van der Waals surface area contributed by atoms with Crippen LogP contribution in [0, 0.1) is 13.8 Å². The minimum atomic E-state index is -3.95. The monoisotopic (exact) mass is 498 g/mol. The molecule has 0 bridgehead atoms. The highest BCUT2D eigenvalue weighted by Crippen LogP contribution is 2.25. The van der Waals surface area contributed by atoms with Crippen molar-refractivity contribution in [1.82, 2.24) is 5.32 Å². The van der Waals surface area contributed by atoms with Crippen molar-refractivity contribution in [2.45, 2.75) is 24.5 Å². The van der Waals surface area contributed by atoms with E-state index in [0.717, 1.165) is 21.4 Å². The zero-order valence-electron chi connectivity index (χ0n) is 19.7. The lowest BCUT2D eigenvalue weighted by Crippen LogP contribution is -2.41. The van der Waals surface area contributed by atoms with Crippen molar-refractivity contribution in [2.24, 2.45) is 0 Å². The molecule has 0 unspecified atom stereocenters. The summed E-state index contributed by atoms with van der Waals surface area (Å²) in [5.74, 6) is 1.80. The summed E-state index contributed by atoms with van der Waals surface area (Å²) in [6.07, 6.45) is 0. The van der Waals surface area contributed by atoms with Gasteiger partial charge in [0.05, 0.1) is 17.7 Å². The molecule has 3 rings (SSSR count). The SMILES string of the molecule is COc1ccc(S(=O)(=O)N(CC(=O)NCCSCc2ccccc2C)c2ccc(C)cc2)cc1. The smallest absolute Gasteiger partial charge is 0.264 e. The van der Waals surface area contributed by atoms with Crippen LogP contribution in [-0.4, -0.2) is 40.3 Å². The number of methoxy groups -OCH3 is 1. The van der Waals surface area contributed by atoms with Gasteiger partial charge in [-0.2, -0.15) is 11.8 Å². The van der Waals surface area contributed by atoms with E-state index in [4.69, 9.17) is 4.74 Å². The molecule has 6 nitrogen and oxygen atoms in total. The zero-order valence-corrected chi connectivity index (χ0v) is 21.3. The Kier molecular flexibility index (Phi) is 9.01. The van der Waals surface area contributed by atoms with Gasteiger partial charge in [-0.1, -0.05) is 42.0 Å². The molecule has 3 aromatic rings. The first-order chi connectivity index (χ1) is 16.3. The molecule has 0 aromatic heterocycles. The lowest BCUT2D eigenvalue weighted by Gasteiger charge is -2.24. The molecular formula is C26H30N2O4S2. The van der Waals surface area contributed by atoms with E-state index in [0.29, 0.717) is 18.0 Å². The molecule has 0 aliphatic rings. The number of benzene rings is 3. The third kappa shape index (κ3) is 6.77. The van der Waals surface area contributed by atoms with Crippen molar-refractivity contribution in [3.63, 3.8) is 0 Å². The first-order valence-corrected chi connectivity index (χ1v) is 13.5. The predicted octanol–water partition coefficient (Wildman–Crippen LogP) is 4.56. The molecule has 0 spiro atoms. The highest BCUT2D eigenvalue weighted by molar-refractivity contribution is 7.98. The molecule has 3 aromatic carbocycles. The maximum atomic E-state index is 13.4. The van der Waals surface area contributed by atoms with Crippen LogP contribution < -0.4 is 14.4 Å². The van der Waals surface area contributed by atoms with Crippen molar-refractivity contribution in [2.75, 3.05) is 30.3 Å². The molecule has 8 heteroatoms. The zero-order chi connectivity index (χ0) is 24.6. The first kappa shape index (κ1) is 25.6. The minimum absolute atomic E-state index is 0.0930. The van der Waals surface area contributed by atoms with Crippen LogP contribution >= 0.6 is 11.8 Å². The molecule has 0 saturated carbocycles. The lowest BCUT2D eigenvalue weighted by atomic mass is 10.1. The number of carbonyl (C=O) groups excluding carboxylic acids is 1. The standard InChI is InChI=1S/C26H30N2O4S2/c1-20-8-10-23(11-9-20)28(34(30,31)25-14-12-24(32-3)13-15-25)18-26(29)27-16-17-33-19-22-7-5-4-6-21(22)2/h4-15H,16-19H2,1-3H3,(H,27,29). The molecule has 0 atom stereocenters. The van der Waals surface area contributed by atoms with Gasteiger partial charge in [-0.3, -0.25) is 9.10 Å². The molecule has 1 N–H and O–H groups in total. The summed E-state index contributed by atoms with van der Waals surface area (Å²) >= 11 is 1.73. The van der Waals surface area contributed by atoms with Crippen LogP contribution in [0.5, 0.6) is 5.75 Å². The number of hydrogen-bond donors (Lipinski definition) is 1. The highest BCUT2D eigenvalue weighted by atomic mass is 32.2. The van der Waals surface area contributed by atoms with Crippen LogP contribution in [0.3, 0.4) is 0 Å². The molecule has 34 heavy (non-hydrogen) atoms. The van der Waals surface area contributed by atoms with Crippen molar-refractivity contribution in [1.29, 1.82) is 0 Å². The first-order valence-electron chi connectivity index (χ1n) is 10.9. The summed E-state index contributed by atoms with van der Waals surface area (Å²) in [6, 6.07) is 21.4. The summed E-state index contributed by atoms with van der Waals surface area (Å²) < 4.78 is 33.1. The summed E-state index contributed by atoms with van der Waals surface area (Å²) in [4.78, 5) is 12.8. The van der Waals surface area contributed by atoms with Gasteiger partial charge in [0.2, 0.25) is 5.91 Å². The molecule has 1 amide bonds. The van der Waals surface area contributed by atoms with Crippen LogP contribution in [0.4, 0.5) is 5.69 Å². The van der Waals surface area contributed by atoms with Gasteiger partial charge in [-0.15, -0.1) is 0 Å². The number of thioether (sulfide) groups is 1. The van der Waals surface area contributed by atoms with Crippen molar-refractivity contribution in [3.05, 3.63) is 89.5 Å². The summed E-state index contributed by atoms with van der Waals surface area (Å²) in [6.45, 7) is 4.16. The Hall–Kier alpha value is -2.97. The normalized spacial score (nSPS) is 11.1. The summed E-state index contributed by atoms with van der Waals surface area (Å²) in [5, 5.41) is 2.85. The Labute approximate surface area is 206 Å². The molecule has 180 valence electrons. The number of ether oxygens (including phenoxy) is 1. The Bertz CT molecular complexity index is 1190. The van der Waals surface area contributed by atoms with E-state index in [1.807, 2.05) is 31.2 Å². The number of nitrogens with one attached hydrogen (secondary N) is 1. The fourth-order valence-electron chi connectivity index (χ4n) is 3.30. The van der Waals surface area contributed by atoms with E-state index < -0.39 is 10.0 Å². The van der Waals surface area contributed by atoms with E-state index in [9.17, 15) is 13.2 Å². The number of anilines is 1. The fourth-order valence-corrected chi connectivity index (χ4v) is 5.66. The van der Waals surface area contributed by atoms with Crippen LogP contribution in [0.2, 0.25) is 0 Å². The Morgan fingerprint density at radius 1 is 0.971 bits per heavy atom. The number of aryl methyl sites for hydroxylation is 2. The average molecular weight is 499 g/mol. The highest BCUT2D eigenvalue weighted by Gasteiger charge is 2.27. The van der Waals surface area contributed by atoms with Gasteiger partial charge >= 0.3 is 0 Å². The number of hydrogen-bond acceptors (Lipinski definition) is 5. The predicted molar refractivity (Wildman–Crippen MR) is 139 cm³/mol. The molecule has 0 saturated heterocycles. The topological polar surface area (TPSA) is 75.7 Å². The van der Waals surface area contributed by atoms with Crippen LogP contribution in [0.15, 0.2) is 77.7 Å². The quantitative estimate of drug-likeness (QED) is 0.393. The van der Waals surface area contributed by atoms with E-state index >= 15 is 0 Å². The van der Waals surface area contributed by atoms with Gasteiger partial charge in [-0.25, -0.2) is 8.42 Å². The third-order valence-electron chi connectivity index (χ3n) is 5.34. The average Bonchev–Trinajstić information content (AvgIpc) is 2.84. The number of amides is 1. The fraction of sp³-hybridized carbons (Fsp3) is 0.269. The third-order valence-corrected chi connectivity index (χ3v) is 8.14. The molecule has 0 aliphatic heterocycles. The van der Waals surface area contributed by atoms with Crippen LogP contribution in [0.25, 0.3) is 0 Å². The Morgan fingerprint density at radius 2 is 1.65 bits per heavy atom. The largest absolute Gasteiger partial charge is 0.497 e. The van der Waals surface area contributed by atoms with E-state index in [2.05, 4.69) is 24.4 Å². The van der Waals surface area contributed by atoms with Gasteiger partial charge in [0.25, 0.3) is 10.0 Å². The molecular weight excluding hydrogens is 468 g/mol. The van der Waals surface area contributed by atoms with Gasteiger partial charge in [-0.05, 0) is 61.4 Å². The lowest BCUT2D eigenvalue weighted by molar-refractivity contribution is -0.119. The second-order valence-electron chi connectivity index (χ2n) is 7.85. The second-order valence-corrected chi connectivity index (χ2v) is 10.8. The van der Waals surface area contributed by atoms with Gasteiger partial charge in [0.1, 0.15) is 12.3 Å². The van der Waals surface area contributed by atoms with Gasteiger partial charge in [0.15, 0.2) is 0 Å². The Balaban J connectivity index is 1.66. The van der Waals surface area contributed by atoms with Crippen molar-refractivity contribution < 1.29 is 17.9 Å². The molecule has 0 aliphatic carbocycles. The number of nitrogens with zero attached hydrogens (tertiary/aromatic N) is 1. The van der Waals surface area contributed by atoms with E-state index in [1.54, 1.807) is 36.0 Å². The molecule has 0 heterocycles. The van der Waals surface area contributed by atoms with Gasteiger partial charge in [0, 0.05) is 18.1 Å². The Morgan fingerprint density at radius 3 is 2.29 bits per heavy atom. The van der Waals surface area contributed by atoms with E-state index in [-0.39, 0.29) is 17.3 Å². The molecule has 0 radical (unpaired) electrons. The maximum Gasteiger partial charge on any atom is 0.264 e. The van der Waals surface area contributed by atoms with Crippen molar-refractivity contribution in [3.8, 4) is 5.75 Å². The minimum Gasteiger partial charge on any atom is -0.497 e. The molecule has 0 fully saturated rings. The summed E-state index contributed by atoms with van der Waals surface area (Å²) in [7, 11) is -2.43. The van der Waals surface area contributed by atoms with Crippen molar-refractivity contribution >= 4 is 33.4 Å². The van der Waals surface area contributed by atoms with E-state index in [1.165, 1.54) is 30.4 Å². The maximum absolute atomic E-state index is 13.4. The van der Waals surface area contributed by atoms with Crippen LogP contribution in [-0.2, 0) is 20.6 Å². The van der Waals surface area contributed by atoms with Crippen LogP contribution in [0.1, 0.15) is 16.7 Å². The summed E-state index contributed by atoms with van der Waals surface area (Å²) in [5.41, 5.74) is 3.96. The second kappa shape index (κ2) is 11.9. The number of carbonyl (C=O) groups is 1.